The average Bonchev–Trinajstić information content (AvgIpc) is 3.11. The smallest absolute Gasteiger partial charge is 0.287 e. The fourth-order valence-corrected chi connectivity index (χ4v) is 2.21. The molecule has 1 amide bonds. The van der Waals surface area contributed by atoms with Crippen molar-refractivity contribution in [1.82, 2.24) is 5.16 Å². The highest BCUT2D eigenvalue weighted by molar-refractivity contribution is 5.90. The number of methoxy groups -OCH3 is 1. The third-order valence-electron chi connectivity index (χ3n) is 3.45. The summed E-state index contributed by atoms with van der Waals surface area (Å²) >= 11 is 0. The largest absolute Gasteiger partial charge is 0.493 e. The SMILES string of the molecule is COc1cc(-c2cc(C(N)=O)on2)ccc1OCc1ccccc1. The van der Waals surface area contributed by atoms with Gasteiger partial charge >= 0.3 is 0 Å². The molecule has 24 heavy (non-hydrogen) atoms. The van der Waals surface area contributed by atoms with Gasteiger partial charge in [0.15, 0.2) is 11.5 Å². The highest BCUT2D eigenvalue weighted by Gasteiger charge is 2.13. The van der Waals surface area contributed by atoms with Crippen molar-refractivity contribution in [1.29, 1.82) is 0 Å². The van der Waals surface area contributed by atoms with Crippen LogP contribution >= 0.6 is 0 Å². The van der Waals surface area contributed by atoms with Gasteiger partial charge in [-0.15, -0.1) is 0 Å². The monoisotopic (exact) mass is 324 g/mol. The molecule has 0 saturated carbocycles. The zero-order valence-corrected chi connectivity index (χ0v) is 13.1. The molecule has 3 rings (SSSR count). The lowest BCUT2D eigenvalue weighted by molar-refractivity contribution is 0.0965. The third kappa shape index (κ3) is 3.38. The van der Waals surface area contributed by atoms with E-state index in [-0.39, 0.29) is 5.76 Å². The number of aromatic nitrogens is 1. The number of primary amides is 1. The maximum Gasteiger partial charge on any atom is 0.287 e. The first kappa shape index (κ1) is 15.6. The molecule has 0 aliphatic rings. The quantitative estimate of drug-likeness (QED) is 0.753. The van der Waals surface area contributed by atoms with Crippen molar-refractivity contribution in [2.75, 3.05) is 7.11 Å². The number of hydrogen-bond donors (Lipinski definition) is 1. The van der Waals surface area contributed by atoms with Crippen molar-refractivity contribution in [3.63, 3.8) is 0 Å². The maximum absolute atomic E-state index is 11.1. The van der Waals surface area contributed by atoms with E-state index in [0.717, 1.165) is 11.1 Å². The third-order valence-corrected chi connectivity index (χ3v) is 3.45. The molecule has 0 fully saturated rings. The van der Waals surface area contributed by atoms with Gasteiger partial charge < -0.3 is 19.7 Å². The molecule has 6 nitrogen and oxygen atoms in total. The summed E-state index contributed by atoms with van der Waals surface area (Å²) in [5.74, 6) is 0.521. The van der Waals surface area contributed by atoms with Crippen LogP contribution in [0, 0.1) is 0 Å². The van der Waals surface area contributed by atoms with Gasteiger partial charge in [-0.3, -0.25) is 4.79 Å². The Kier molecular flexibility index (Phi) is 4.47. The number of rotatable bonds is 6. The summed E-state index contributed by atoms with van der Waals surface area (Å²) < 4.78 is 16.1. The van der Waals surface area contributed by atoms with Crippen LogP contribution in [0.2, 0.25) is 0 Å². The Labute approximate surface area is 138 Å². The van der Waals surface area contributed by atoms with Crippen LogP contribution in [0.3, 0.4) is 0 Å². The number of nitrogens with zero attached hydrogens (tertiary/aromatic N) is 1. The Morgan fingerprint density at radius 2 is 1.92 bits per heavy atom. The molecule has 2 aromatic carbocycles. The summed E-state index contributed by atoms with van der Waals surface area (Å²) in [5.41, 5.74) is 7.45. The molecule has 3 aromatic rings. The van der Waals surface area contributed by atoms with Crippen LogP contribution < -0.4 is 15.2 Å². The van der Waals surface area contributed by atoms with Crippen molar-refractivity contribution >= 4 is 5.91 Å². The zero-order chi connectivity index (χ0) is 16.9. The van der Waals surface area contributed by atoms with E-state index in [4.69, 9.17) is 19.7 Å². The molecule has 0 bridgehead atoms. The molecule has 0 aliphatic heterocycles. The fourth-order valence-electron chi connectivity index (χ4n) is 2.21. The molecule has 0 aliphatic carbocycles. The second-order valence-corrected chi connectivity index (χ2v) is 5.08. The molecule has 1 heterocycles. The van der Waals surface area contributed by atoms with Crippen LogP contribution in [0.5, 0.6) is 11.5 Å². The van der Waals surface area contributed by atoms with E-state index in [1.54, 1.807) is 19.2 Å². The molecule has 2 N–H and O–H groups in total. The summed E-state index contributed by atoms with van der Waals surface area (Å²) in [6, 6.07) is 16.7. The molecular weight excluding hydrogens is 308 g/mol. The van der Waals surface area contributed by atoms with Crippen LogP contribution in [0.4, 0.5) is 0 Å². The lowest BCUT2D eigenvalue weighted by Gasteiger charge is -2.11. The van der Waals surface area contributed by atoms with Gasteiger partial charge in [0, 0.05) is 11.6 Å². The van der Waals surface area contributed by atoms with E-state index in [2.05, 4.69) is 5.16 Å². The van der Waals surface area contributed by atoms with Crippen molar-refractivity contribution in [2.45, 2.75) is 6.61 Å². The molecular formula is C18H16N2O4. The number of benzene rings is 2. The number of carbonyl (C=O) groups excluding carboxylic acids is 1. The molecule has 0 unspecified atom stereocenters. The topological polar surface area (TPSA) is 87.6 Å². The standard InChI is InChI=1S/C18H16N2O4/c1-22-16-9-13(14-10-17(18(19)21)24-20-14)7-8-15(16)23-11-12-5-3-2-4-6-12/h2-10H,11H2,1H3,(H2,19,21). The van der Waals surface area contributed by atoms with E-state index >= 15 is 0 Å². The number of hydrogen-bond acceptors (Lipinski definition) is 5. The lowest BCUT2D eigenvalue weighted by Crippen LogP contribution is -2.09. The second-order valence-electron chi connectivity index (χ2n) is 5.08. The number of ether oxygens (including phenoxy) is 2. The molecule has 0 atom stereocenters. The second kappa shape index (κ2) is 6.87. The maximum atomic E-state index is 11.1. The summed E-state index contributed by atoms with van der Waals surface area (Å²) in [6.45, 7) is 0.437. The van der Waals surface area contributed by atoms with Gasteiger partial charge in [0.25, 0.3) is 5.91 Å². The summed E-state index contributed by atoms with van der Waals surface area (Å²) in [7, 11) is 1.56. The predicted octanol–water partition coefficient (Wildman–Crippen LogP) is 3.03. The first-order valence-electron chi connectivity index (χ1n) is 7.29. The van der Waals surface area contributed by atoms with E-state index in [1.165, 1.54) is 6.07 Å². The van der Waals surface area contributed by atoms with Crippen LogP contribution in [0.25, 0.3) is 11.3 Å². The van der Waals surface area contributed by atoms with E-state index in [0.29, 0.717) is 23.8 Å². The van der Waals surface area contributed by atoms with Gasteiger partial charge in [-0.1, -0.05) is 35.5 Å². The molecule has 0 radical (unpaired) electrons. The molecule has 1 aromatic heterocycles. The van der Waals surface area contributed by atoms with Crippen LogP contribution in [-0.2, 0) is 6.61 Å². The van der Waals surface area contributed by atoms with Crippen LogP contribution in [-0.4, -0.2) is 18.2 Å². The highest BCUT2D eigenvalue weighted by Crippen LogP contribution is 2.32. The molecule has 122 valence electrons. The van der Waals surface area contributed by atoms with E-state index in [9.17, 15) is 4.79 Å². The van der Waals surface area contributed by atoms with Gasteiger partial charge in [0.05, 0.1) is 7.11 Å². The summed E-state index contributed by atoms with van der Waals surface area (Å²) in [6.07, 6.45) is 0. The summed E-state index contributed by atoms with van der Waals surface area (Å²) in [4.78, 5) is 11.1. The first-order chi connectivity index (χ1) is 11.7. The van der Waals surface area contributed by atoms with Gasteiger partial charge in [-0.2, -0.15) is 0 Å². The number of amides is 1. The van der Waals surface area contributed by atoms with Gasteiger partial charge in [-0.25, -0.2) is 0 Å². The Morgan fingerprint density at radius 1 is 1.12 bits per heavy atom. The predicted molar refractivity (Wildman–Crippen MR) is 87.8 cm³/mol. The molecule has 6 heteroatoms. The van der Waals surface area contributed by atoms with Crippen molar-refractivity contribution < 1.29 is 18.8 Å². The minimum Gasteiger partial charge on any atom is -0.493 e. The van der Waals surface area contributed by atoms with E-state index in [1.807, 2.05) is 36.4 Å². The van der Waals surface area contributed by atoms with Crippen LogP contribution in [0.15, 0.2) is 59.1 Å². The summed E-state index contributed by atoms with van der Waals surface area (Å²) in [5, 5.41) is 3.83. The van der Waals surface area contributed by atoms with E-state index < -0.39 is 5.91 Å². The number of carbonyl (C=O) groups is 1. The lowest BCUT2D eigenvalue weighted by atomic mass is 10.1. The average molecular weight is 324 g/mol. The van der Waals surface area contributed by atoms with Crippen molar-refractivity contribution in [3.8, 4) is 22.8 Å². The highest BCUT2D eigenvalue weighted by atomic mass is 16.5. The Bertz CT molecular complexity index is 843. The molecule has 0 spiro atoms. The fraction of sp³-hybridized carbons (Fsp3) is 0.111. The Morgan fingerprint density at radius 3 is 2.58 bits per heavy atom. The minimum atomic E-state index is -0.663. The first-order valence-corrected chi connectivity index (χ1v) is 7.29. The Hall–Kier alpha value is -3.28. The number of nitrogens with two attached hydrogens (primary N) is 1. The van der Waals surface area contributed by atoms with Gasteiger partial charge in [0.2, 0.25) is 5.76 Å². The Balaban J connectivity index is 1.80. The van der Waals surface area contributed by atoms with Crippen molar-refractivity contribution in [3.05, 3.63) is 65.9 Å². The van der Waals surface area contributed by atoms with Gasteiger partial charge in [-0.05, 0) is 23.8 Å². The van der Waals surface area contributed by atoms with Crippen molar-refractivity contribution in [2.24, 2.45) is 5.73 Å². The minimum absolute atomic E-state index is 0.00775. The van der Waals surface area contributed by atoms with Gasteiger partial charge in [0.1, 0.15) is 12.3 Å². The molecule has 0 saturated heterocycles. The van der Waals surface area contributed by atoms with Crippen LogP contribution in [0.1, 0.15) is 16.1 Å². The zero-order valence-electron chi connectivity index (χ0n) is 13.1. The normalized spacial score (nSPS) is 10.4.